The fourth-order valence-electron chi connectivity index (χ4n) is 5.38. The molecule has 5 rings (SSSR count). The maximum Gasteiger partial charge on any atom is 0.251 e. The first-order chi connectivity index (χ1) is 19.9. The van der Waals surface area contributed by atoms with E-state index in [0.29, 0.717) is 43.3 Å². The van der Waals surface area contributed by atoms with E-state index < -0.39 is 6.10 Å². The first-order valence-corrected chi connectivity index (χ1v) is 14.5. The molecule has 2 aliphatic heterocycles. The molecule has 2 aliphatic rings. The molecule has 1 amide bonds. The lowest BCUT2D eigenvalue weighted by Gasteiger charge is -2.34. The highest BCUT2D eigenvalue weighted by molar-refractivity contribution is 5.80. The number of likely N-dealkylation sites (N-methyl/N-ethyl adjacent to an activating group) is 1. The summed E-state index contributed by atoms with van der Waals surface area (Å²) in [4.78, 5) is 27.8. The zero-order valence-electron chi connectivity index (χ0n) is 24.0. The van der Waals surface area contributed by atoms with Crippen LogP contribution < -0.4 is 15.8 Å². The summed E-state index contributed by atoms with van der Waals surface area (Å²) in [7, 11) is 0. The number of aliphatic hydroxyl groups is 1. The second kappa shape index (κ2) is 13.3. The molecule has 1 atom stereocenters. The molecule has 3 aromatic rings. The number of nitrogens with zero attached hydrogens (tertiary/aromatic N) is 5. The van der Waals surface area contributed by atoms with Crippen molar-refractivity contribution in [3.63, 3.8) is 0 Å². The van der Waals surface area contributed by atoms with Crippen molar-refractivity contribution in [3.05, 3.63) is 60.3 Å². The predicted octanol–water partition coefficient (Wildman–Crippen LogP) is 3.36. The lowest BCUT2D eigenvalue weighted by Crippen LogP contribution is -2.45. The number of anilines is 3. The zero-order chi connectivity index (χ0) is 28.8. The number of likely N-dealkylation sites (tertiary alicyclic amines) is 1. The molecule has 0 spiro atoms. The van der Waals surface area contributed by atoms with Gasteiger partial charge in [0, 0.05) is 76.1 Å². The van der Waals surface area contributed by atoms with Gasteiger partial charge in [-0.2, -0.15) is 0 Å². The number of amides is 1. The fourth-order valence-corrected chi connectivity index (χ4v) is 5.38. The maximum absolute atomic E-state index is 12.0. The Balaban J connectivity index is 1.16. The number of carbonyl (C=O) groups excluding carboxylic acids is 1. The summed E-state index contributed by atoms with van der Waals surface area (Å²) in [6.07, 6.45) is 2.11. The van der Waals surface area contributed by atoms with Crippen molar-refractivity contribution in [2.45, 2.75) is 45.4 Å². The van der Waals surface area contributed by atoms with E-state index in [2.05, 4.69) is 51.3 Å². The Morgan fingerprint density at radius 2 is 1.76 bits per heavy atom. The van der Waals surface area contributed by atoms with Gasteiger partial charge < -0.3 is 30.7 Å². The summed E-state index contributed by atoms with van der Waals surface area (Å²) in [6, 6.07) is 16.0. The van der Waals surface area contributed by atoms with Gasteiger partial charge in [0.15, 0.2) is 0 Å². The Morgan fingerprint density at radius 3 is 2.41 bits per heavy atom. The van der Waals surface area contributed by atoms with Crippen molar-refractivity contribution in [3.8, 4) is 17.0 Å². The normalized spacial score (nSPS) is 17.8. The van der Waals surface area contributed by atoms with Crippen LogP contribution in [0.15, 0.2) is 54.7 Å². The fraction of sp³-hybridized carbons (Fsp3) is 0.452. The number of aliphatic hydroxyl groups excluding tert-OH is 1. The number of hydrogen-bond donors (Lipinski definition) is 3. The molecule has 10 heteroatoms. The van der Waals surface area contributed by atoms with Gasteiger partial charge in [0.1, 0.15) is 18.0 Å². The van der Waals surface area contributed by atoms with Gasteiger partial charge in [-0.1, -0.05) is 19.1 Å². The average molecular weight is 560 g/mol. The monoisotopic (exact) mass is 559 g/mol. The van der Waals surface area contributed by atoms with Crippen LogP contribution in [0, 0.1) is 0 Å². The molecular weight excluding hydrogens is 518 g/mol. The molecule has 41 heavy (non-hydrogen) atoms. The molecule has 2 aromatic carbocycles. The van der Waals surface area contributed by atoms with E-state index in [1.165, 1.54) is 12.5 Å². The topological polar surface area (TPSA) is 120 Å². The molecule has 3 heterocycles. The minimum atomic E-state index is -0.976. The van der Waals surface area contributed by atoms with E-state index in [9.17, 15) is 9.90 Å². The van der Waals surface area contributed by atoms with Gasteiger partial charge in [-0.3, -0.25) is 9.69 Å². The van der Waals surface area contributed by atoms with Crippen LogP contribution in [0.2, 0.25) is 0 Å². The highest BCUT2D eigenvalue weighted by Crippen LogP contribution is 2.30. The number of benzene rings is 2. The first-order valence-electron chi connectivity index (χ1n) is 14.5. The van der Waals surface area contributed by atoms with Crippen molar-refractivity contribution in [1.29, 1.82) is 0 Å². The third kappa shape index (κ3) is 7.52. The van der Waals surface area contributed by atoms with Gasteiger partial charge in [-0.25, -0.2) is 9.97 Å². The first kappa shape index (κ1) is 28.8. The SMILES string of the molecule is CCN1CCN(Cc2ccc(Nc3nccc(-c4ccc(OC5CCN(C(=O)[C@H](C)O)CC5)c(N)c4)n3)cc2)CC1. The average Bonchev–Trinajstić information content (AvgIpc) is 2.99. The number of hydrogen-bond acceptors (Lipinski definition) is 9. The summed E-state index contributed by atoms with van der Waals surface area (Å²) in [5.74, 6) is 0.900. The number of nitrogen functional groups attached to an aromatic ring is 1. The standard InChI is InChI=1S/C31H41N7O3/c1-3-36-16-18-37(19-17-36)21-23-4-7-25(8-5-23)34-31-33-13-10-28(35-31)24-6-9-29(27(32)20-24)41-26-11-14-38(15-12-26)30(40)22(2)39/h4-10,13,20,22,26,39H,3,11-12,14-19,21,32H2,1-2H3,(H,33,34,35)/t22-/m0/s1. The summed E-state index contributed by atoms with van der Waals surface area (Å²) in [5.41, 5.74) is 10.8. The number of nitrogens with two attached hydrogens (primary N) is 1. The van der Waals surface area contributed by atoms with Crippen molar-refractivity contribution >= 4 is 23.2 Å². The van der Waals surface area contributed by atoms with Crippen LogP contribution in [0.3, 0.4) is 0 Å². The van der Waals surface area contributed by atoms with Crippen LogP contribution >= 0.6 is 0 Å². The van der Waals surface area contributed by atoms with Gasteiger partial charge >= 0.3 is 0 Å². The number of aromatic nitrogens is 2. The molecule has 0 saturated carbocycles. The number of carbonyl (C=O) groups is 1. The maximum atomic E-state index is 12.0. The minimum Gasteiger partial charge on any atom is -0.488 e. The van der Waals surface area contributed by atoms with E-state index in [4.69, 9.17) is 15.5 Å². The summed E-state index contributed by atoms with van der Waals surface area (Å²) in [6.45, 7) is 11.4. The lowest BCUT2D eigenvalue weighted by molar-refractivity contribution is -0.141. The molecule has 0 aliphatic carbocycles. The van der Waals surface area contributed by atoms with Gasteiger partial charge in [0.25, 0.3) is 5.91 Å². The van der Waals surface area contributed by atoms with Crippen molar-refractivity contribution in [2.75, 3.05) is 56.9 Å². The van der Waals surface area contributed by atoms with Crippen molar-refractivity contribution < 1.29 is 14.6 Å². The van der Waals surface area contributed by atoms with E-state index in [-0.39, 0.29) is 12.0 Å². The minimum absolute atomic E-state index is 0.0336. The molecule has 4 N–H and O–H groups in total. The highest BCUT2D eigenvalue weighted by Gasteiger charge is 2.26. The van der Waals surface area contributed by atoms with Crippen LogP contribution in [-0.2, 0) is 11.3 Å². The Labute approximate surface area is 242 Å². The smallest absolute Gasteiger partial charge is 0.251 e. The molecule has 0 radical (unpaired) electrons. The molecule has 0 unspecified atom stereocenters. The Bertz CT molecular complexity index is 1300. The van der Waals surface area contributed by atoms with Crippen molar-refractivity contribution in [1.82, 2.24) is 24.7 Å². The number of ether oxygens (including phenoxy) is 1. The number of piperidine rings is 1. The molecule has 1 aromatic heterocycles. The summed E-state index contributed by atoms with van der Waals surface area (Å²) < 4.78 is 6.16. The van der Waals surface area contributed by atoms with E-state index >= 15 is 0 Å². The Hall–Kier alpha value is -3.73. The second-order valence-corrected chi connectivity index (χ2v) is 10.9. The van der Waals surface area contributed by atoms with Gasteiger partial charge in [-0.05, 0) is 55.4 Å². The second-order valence-electron chi connectivity index (χ2n) is 10.9. The third-order valence-corrected chi connectivity index (χ3v) is 7.89. The number of rotatable bonds is 9. The lowest BCUT2D eigenvalue weighted by atomic mass is 10.1. The molecule has 2 saturated heterocycles. The van der Waals surface area contributed by atoms with Gasteiger partial charge in [-0.15, -0.1) is 0 Å². The Morgan fingerprint density at radius 1 is 1.05 bits per heavy atom. The zero-order valence-corrected chi connectivity index (χ0v) is 24.0. The highest BCUT2D eigenvalue weighted by atomic mass is 16.5. The molecular formula is C31H41N7O3. The van der Waals surface area contributed by atoms with Gasteiger partial charge in [0.2, 0.25) is 5.95 Å². The molecule has 2 fully saturated rings. The quantitative estimate of drug-likeness (QED) is 0.339. The number of nitrogens with one attached hydrogen (secondary N) is 1. The van der Waals surface area contributed by atoms with Crippen LogP contribution in [0.25, 0.3) is 11.3 Å². The largest absolute Gasteiger partial charge is 0.488 e. The van der Waals surface area contributed by atoms with E-state index in [0.717, 1.165) is 56.2 Å². The summed E-state index contributed by atoms with van der Waals surface area (Å²) >= 11 is 0. The van der Waals surface area contributed by atoms with Crippen molar-refractivity contribution in [2.24, 2.45) is 0 Å². The van der Waals surface area contributed by atoms with E-state index in [1.54, 1.807) is 11.1 Å². The summed E-state index contributed by atoms with van der Waals surface area (Å²) in [5, 5.41) is 12.9. The molecule has 218 valence electrons. The number of piperazine rings is 1. The molecule has 10 nitrogen and oxygen atoms in total. The van der Waals surface area contributed by atoms with Crippen LogP contribution in [0.5, 0.6) is 5.75 Å². The van der Waals surface area contributed by atoms with E-state index in [1.807, 2.05) is 24.3 Å². The molecule has 0 bridgehead atoms. The predicted molar refractivity (Wildman–Crippen MR) is 161 cm³/mol. The van der Waals surface area contributed by atoms with Crippen LogP contribution in [0.4, 0.5) is 17.3 Å². The Kier molecular flexibility index (Phi) is 9.33. The van der Waals surface area contributed by atoms with Crippen LogP contribution in [0.1, 0.15) is 32.3 Å². The van der Waals surface area contributed by atoms with Gasteiger partial charge in [0.05, 0.1) is 11.4 Å². The van der Waals surface area contributed by atoms with Crippen LogP contribution in [-0.4, -0.2) is 93.7 Å². The third-order valence-electron chi connectivity index (χ3n) is 7.89.